The van der Waals surface area contributed by atoms with E-state index in [1.807, 2.05) is 0 Å². The number of nitrogens with zero attached hydrogens (tertiary/aromatic N) is 1. The summed E-state index contributed by atoms with van der Waals surface area (Å²) in [6.45, 7) is 3.03. The zero-order chi connectivity index (χ0) is 18.8. The van der Waals surface area contributed by atoms with E-state index in [-0.39, 0.29) is 11.6 Å². The maximum atomic E-state index is 12.1. The van der Waals surface area contributed by atoms with Crippen molar-refractivity contribution in [2.45, 2.75) is 26.3 Å². The maximum absolute atomic E-state index is 12.1. The maximum Gasteiger partial charge on any atom is 0.573 e. The van der Waals surface area contributed by atoms with Gasteiger partial charge in [0.2, 0.25) is 5.91 Å². The molecule has 0 aliphatic carbocycles. The van der Waals surface area contributed by atoms with Gasteiger partial charge in [-0.05, 0) is 30.2 Å². The number of carbonyl (C=O) groups is 3. The van der Waals surface area contributed by atoms with Crippen molar-refractivity contribution in [3.8, 4) is 5.75 Å². The molecule has 1 heterocycles. The van der Waals surface area contributed by atoms with Crippen LogP contribution in [0.25, 0.3) is 0 Å². The van der Waals surface area contributed by atoms with Crippen LogP contribution in [0.1, 0.15) is 13.8 Å². The summed E-state index contributed by atoms with van der Waals surface area (Å²) in [7, 11) is 0. The van der Waals surface area contributed by atoms with Gasteiger partial charge in [0.15, 0.2) is 0 Å². The lowest BCUT2D eigenvalue weighted by atomic mass is 10.1. The number of benzene rings is 1. The second-order valence-electron chi connectivity index (χ2n) is 5.72. The number of amides is 4. The summed E-state index contributed by atoms with van der Waals surface area (Å²) in [5.74, 6) is -1.70. The Morgan fingerprint density at radius 2 is 1.88 bits per heavy atom. The average Bonchev–Trinajstić information content (AvgIpc) is 2.76. The fourth-order valence-corrected chi connectivity index (χ4v) is 2.23. The minimum absolute atomic E-state index is 0.120. The third-order valence-electron chi connectivity index (χ3n) is 3.40. The van der Waals surface area contributed by atoms with Gasteiger partial charge in [-0.2, -0.15) is 0 Å². The molecule has 25 heavy (non-hydrogen) atoms. The van der Waals surface area contributed by atoms with Crippen LogP contribution >= 0.6 is 0 Å². The molecule has 4 amide bonds. The monoisotopic (exact) mass is 359 g/mol. The number of urea groups is 1. The molecule has 1 atom stereocenters. The van der Waals surface area contributed by atoms with E-state index in [0.29, 0.717) is 0 Å². The topological polar surface area (TPSA) is 87.7 Å². The van der Waals surface area contributed by atoms with Crippen molar-refractivity contribution in [3.05, 3.63) is 24.3 Å². The standard InChI is InChI=1S/C15H16F3N3O4/c1-8(2)12-13(23)21(14(24)20-12)7-11(22)19-9-3-5-10(6-4-9)25-15(16,17)18/h3-6,8,12H,7H2,1-2H3,(H,19,22)(H,20,24). The minimum atomic E-state index is -4.80. The van der Waals surface area contributed by atoms with Gasteiger partial charge < -0.3 is 15.4 Å². The highest BCUT2D eigenvalue weighted by atomic mass is 19.4. The number of rotatable bonds is 5. The molecule has 1 saturated heterocycles. The normalized spacial score (nSPS) is 17.7. The Morgan fingerprint density at radius 3 is 2.36 bits per heavy atom. The Labute approximate surface area is 141 Å². The van der Waals surface area contributed by atoms with E-state index in [1.165, 1.54) is 12.1 Å². The van der Waals surface area contributed by atoms with E-state index < -0.39 is 42.5 Å². The molecule has 1 aliphatic heterocycles. The van der Waals surface area contributed by atoms with Crippen molar-refractivity contribution < 1.29 is 32.3 Å². The lowest BCUT2D eigenvalue weighted by Crippen LogP contribution is -2.39. The predicted octanol–water partition coefficient (Wildman–Crippen LogP) is 2.10. The summed E-state index contributed by atoms with van der Waals surface area (Å²) >= 11 is 0. The van der Waals surface area contributed by atoms with Gasteiger partial charge in [0.25, 0.3) is 5.91 Å². The molecule has 0 saturated carbocycles. The molecule has 2 rings (SSSR count). The summed E-state index contributed by atoms with van der Waals surface area (Å²) in [6, 6.07) is 3.15. The van der Waals surface area contributed by atoms with Crippen LogP contribution in [0, 0.1) is 5.92 Å². The number of anilines is 1. The Hall–Kier alpha value is -2.78. The van der Waals surface area contributed by atoms with Crippen LogP contribution in [0.2, 0.25) is 0 Å². The smallest absolute Gasteiger partial charge is 0.406 e. The number of hydrogen-bond acceptors (Lipinski definition) is 4. The van der Waals surface area contributed by atoms with Crippen molar-refractivity contribution in [2.24, 2.45) is 5.92 Å². The number of imide groups is 1. The van der Waals surface area contributed by atoms with Gasteiger partial charge >= 0.3 is 12.4 Å². The molecule has 10 heteroatoms. The van der Waals surface area contributed by atoms with Crippen LogP contribution < -0.4 is 15.4 Å². The molecule has 7 nitrogen and oxygen atoms in total. The quantitative estimate of drug-likeness (QED) is 0.788. The first-order valence-electron chi connectivity index (χ1n) is 7.34. The van der Waals surface area contributed by atoms with Crippen molar-refractivity contribution in [1.29, 1.82) is 0 Å². The van der Waals surface area contributed by atoms with Gasteiger partial charge in [-0.15, -0.1) is 13.2 Å². The van der Waals surface area contributed by atoms with E-state index in [0.717, 1.165) is 17.0 Å². The van der Waals surface area contributed by atoms with E-state index in [2.05, 4.69) is 15.4 Å². The van der Waals surface area contributed by atoms with Crippen LogP contribution in [0.15, 0.2) is 24.3 Å². The van der Waals surface area contributed by atoms with Gasteiger partial charge in [0, 0.05) is 5.69 Å². The fraction of sp³-hybridized carbons (Fsp3) is 0.400. The van der Waals surface area contributed by atoms with Crippen LogP contribution in [0.5, 0.6) is 5.75 Å². The largest absolute Gasteiger partial charge is 0.573 e. The van der Waals surface area contributed by atoms with E-state index >= 15 is 0 Å². The summed E-state index contributed by atoms with van der Waals surface area (Å²) in [5, 5.41) is 4.88. The number of ether oxygens (including phenoxy) is 1. The molecular formula is C15H16F3N3O4. The zero-order valence-electron chi connectivity index (χ0n) is 13.4. The van der Waals surface area contributed by atoms with Gasteiger partial charge in [0.1, 0.15) is 18.3 Å². The van der Waals surface area contributed by atoms with E-state index in [1.54, 1.807) is 13.8 Å². The minimum Gasteiger partial charge on any atom is -0.406 e. The number of halogens is 3. The molecule has 2 N–H and O–H groups in total. The van der Waals surface area contributed by atoms with Crippen molar-refractivity contribution in [2.75, 3.05) is 11.9 Å². The van der Waals surface area contributed by atoms with E-state index in [9.17, 15) is 27.6 Å². The number of alkyl halides is 3. The van der Waals surface area contributed by atoms with Gasteiger partial charge in [-0.1, -0.05) is 13.8 Å². The third-order valence-corrected chi connectivity index (χ3v) is 3.40. The van der Waals surface area contributed by atoms with Crippen LogP contribution in [0.4, 0.5) is 23.7 Å². The van der Waals surface area contributed by atoms with Gasteiger partial charge in [0.05, 0.1) is 0 Å². The lowest BCUT2D eigenvalue weighted by molar-refractivity contribution is -0.274. The molecule has 136 valence electrons. The molecule has 0 bridgehead atoms. The molecule has 0 spiro atoms. The third kappa shape index (κ3) is 4.85. The Kier molecular flexibility index (Phi) is 5.19. The number of carbonyl (C=O) groups excluding carboxylic acids is 3. The van der Waals surface area contributed by atoms with Crippen molar-refractivity contribution in [1.82, 2.24) is 10.2 Å². The highest BCUT2D eigenvalue weighted by Gasteiger charge is 2.40. The highest BCUT2D eigenvalue weighted by molar-refractivity contribution is 6.08. The summed E-state index contributed by atoms with van der Waals surface area (Å²) in [5.41, 5.74) is 0.201. The first-order valence-corrected chi connectivity index (χ1v) is 7.34. The van der Waals surface area contributed by atoms with Crippen LogP contribution in [-0.2, 0) is 9.59 Å². The Bertz CT molecular complexity index is 674. The molecule has 1 fully saturated rings. The van der Waals surface area contributed by atoms with Crippen LogP contribution in [-0.4, -0.2) is 41.7 Å². The van der Waals surface area contributed by atoms with Gasteiger partial charge in [-0.25, -0.2) is 4.79 Å². The lowest BCUT2D eigenvalue weighted by Gasteiger charge is -2.14. The highest BCUT2D eigenvalue weighted by Crippen LogP contribution is 2.24. The summed E-state index contributed by atoms with van der Waals surface area (Å²) in [4.78, 5) is 36.6. The molecule has 1 aromatic rings. The molecular weight excluding hydrogens is 343 g/mol. The second-order valence-corrected chi connectivity index (χ2v) is 5.72. The Morgan fingerprint density at radius 1 is 1.28 bits per heavy atom. The number of nitrogens with one attached hydrogen (secondary N) is 2. The molecule has 0 aromatic heterocycles. The SMILES string of the molecule is CC(C)C1NC(=O)N(CC(=O)Nc2ccc(OC(F)(F)F)cc2)C1=O. The molecule has 1 aromatic carbocycles. The summed E-state index contributed by atoms with van der Waals surface area (Å²) in [6.07, 6.45) is -4.80. The average molecular weight is 359 g/mol. The molecule has 0 radical (unpaired) electrons. The first kappa shape index (κ1) is 18.6. The predicted molar refractivity (Wildman–Crippen MR) is 80.6 cm³/mol. The Balaban J connectivity index is 1.94. The first-order chi connectivity index (χ1) is 11.6. The fourth-order valence-electron chi connectivity index (χ4n) is 2.23. The molecule has 1 aliphatic rings. The van der Waals surface area contributed by atoms with Crippen molar-refractivity contribution in [3.63, 3.8) is 0 Å². The van der Waals surface area contributed by atoms with Gasteiger partial charge in [-0.3, -0.25) is 14.5 Å². The van der Waals surface area contributed by atoms with E-state index in [4.69, 9.17) is 0 Å². The summed E-state index contributed by atoms with van der Waals surface area (Å²) < 4.78 is 39.9. The zero-order valence-corrected chi connectivity index (χ0v) is 13.4. The molecule has 1 unspecified atom stereocenters. The second kappa shape index (κ2) is 6.99. The van der Waals surface area contributed by atoms with Crippen molar-refractivity contribution >= 4 is 23.5 Å². The number of hydrogen-bond donors (Lipinski definition) is 2. The van der Waals surface area contributed by atoms with Crippen LogP contribution in [0.3, 0.4) is 0 Å².